The van der Waals surface area contributed by atoms with E-state index in [-0.39, 0.29) is 23.4 Å². The van der Waals surface area contributed by atoms with E-state index in [1.165, 1.54) is 11.8 Å². The van der Waals surface area contributed by atoms with E-state index in [2.05, 4.69) is 18.8 Å². The van der Waals surface area contributed by atoms with E-state index in [0.29, 0.717) is 11.5 Å². The predicted octanol–water partition coefficient (Wildman–Crippen LogP) is 1.76. The summed E-state index contributed by atoms with van der Waals surface area (Å²) < 4.78 is 0. The van der Waals surface area contributed by atoms with Gasteiger partial charge in [-0.1, -0.05) is 25.6 Å². The number of amides is 2. The quantitative estimate of drug-likeness (QED) is 0.861. The van der Waals surface area contributed by atoms with E-state index >= 15 is 0 Å². The molecule has 1 heterocycles. The summed E-state index contributed by atoms with van der Waals surface area (Å²) in [5, 5.41) is -0.153. The number of hydrogen-bond acceptors (Lipinski definition) is 4. The molecule has 0 aromatic rings. The zero-order valence-electron chi connectivity index (χ0n) is 12.4. The Morgan fingerprint density at radius 3 is 2.55 bits per heavy atom. The second-order valence-electron chi connectivity index (χ2n) is 6.50. The molecule has 0 radical (unpaired) electrons. The Kier molecular flexibility index (Phi) is 4.42. The molecule has 112 valence electrons. The number of nitrogens with two attached hydrogens (primary N) is 1. The van der Waals surface area contributed by atoms with Crippen molar-refractivity contribution in [1.29, 1.82) is 0 Å². The van der Waals surface area contributed by atoms with Crippen molar-refractivity contribution in [1.82, 2.24) is 4.90 Å². The van der Waals surface area contributed by atoms with Crippen molar-refractivity contribution in [2.75, 3.05) is 7.05 Å². The Balaban J connectivity index is 1.85. The molecule has 0 bridgehead atoms. The molecule has 2 amide bonds. The van der Waals surface area contributed by atoms with Crippen LogP contribution >= 0.6 is 11.8 Å². The van der Waals surface area contributed by atoms with Gasteiger partial charge in [0.2, 0.25) is 5.91 Å². The standard InChI is InChI=1S/C14H23N3O2S/c1-14(2)6-4-9(5-7-14)17(3)11(18)8-10-12(19)16-13(15)20-10/h9-10H,4-8H2,1-3H3,(H2,15,16,19)/t10-/m1/s1. The van der Waals surface area contributed by atoms with Crippen molar-refractivity contribution in [2.24, 2.45) is 16.1 Å². The minimum atomic E-state index is -0.426. The average Bonchev–Trinajstić information content (AvgIpc) is 2.67. The summed E-state index contributed by atoms with van der Waals surface area (Å²) in [5.41, 5.74) is 5.90. The maximum absolute atomic E-state index is 12.3. The molecule has 0 aromatic heterocycles. The Hall–Kier alpha value is -1.04. The normalized spacial score (nSPS) is 26.4. The van der Waals surface area contributed by atoms with Crippen molar-refractivity contribution < 1.29 is 9.59 Å². The highest BCUT2D eigenvalue weighted by molar-refractivity contribution is 8.15. The van der Waals surface area contributed by atoms with Crippen LogP contribution in [-0.2, 0) is 9.59 Å². The molecule has 0 spiro atoms. The van der Waals surface area contributed by atoms with Crippen LogP contribution in [0.15, 0.2) is 4.99 Å². The van der Waals surface area contributed by atoms with Gasteiger partial charge in [-0.3, -0.25) is 9.59 Å². The van der Waals surface area contributed by atoms with Gasteiger partial charge in [-0.25, -0.2) is 0 Å². The first-order chi connectivity index (χ1) is 9.28. The predicted molar refractivity (Wildman–Crippen MR) is 81.4 cm³/mol. The van der Waals surface area contributed by atoms with Gasteiger partial charge in [-0.15, -0.1) is 0 Å². The van der Waals surface area contributed by atoms with Crippen LogP contribution in [0, 0.1) is 5.41 Å². The molecular formula is C14H23N3O2S. The van der Waals surface area contributed by atoms with Crippen molar-refractivity contribution in [2.45, 2.75) is 57.2 Å². The van der Waals surface area contributed by atoms with Gasteiger partial charge in [0.25, 0.3) is 5.91 Å². The fourth-order valence-electron chi connectivity index (χ4n) is 2.81. The maximum Gasteiger partial charge on any atom is 0.262 e. The number of nitrogens with zero attached hydrogens (tertiary/aromatic N) is 2. The third-order valence-corrected chi connectivity index (χ3v) is 5.35. The number of hydrogen-bond donors (Lipinski definition) is 1. The Morgan fingerprint density at radius 2 is 2.05 bits per heavy atom. The van der Waals surface area contributed by atoms with Crippen LogP contribution in [0.5, 0.6) is 0 Å². The van der Waals surface area contributed by atoms with E-state index < -0.39 is 5.25 Å². The van der Waals surface area contributed by atoms with Crippen molar-refractivity contribution >= 4 is 28.7 Å². The summed E-state index contributed by atoms with van der Waals surface area (Å²) >= 11 is 1.20. The molecule has 1 aliphatic heterocycles. The van der Waals surface area contributed by atoms with Gasteiger partial charge in [-0.05, 0) is 31.1 Å². The summed E-state index contributed by atoms with van der Waals surface area (Å²) in [6.45, 7) is 4.55. The minimum Gasteiger partial charge on any atom is -0.378 e. The van der Waals surface area contributed by atoms with Crippen LogP contribution in [0.4, 0.5) is 0 Å². The number of carbonyl (C=O) groups excluding carboxylic acids is 2. The number of aliphatic imine (C=N–C) groups is 1. The second kappa shape index (κ2) is 5.76. The first-order valence-corrected chi connectivity index (χ1v) is 7.97. The molecule has 20 heavy (non-hydrogen) atoms. The zero-order chi connectivity index (χ0) is 14.9. The average molecular weight is 297 g/mol. The third-order valence-electron chi connectivity index (χ3n) is 4.37. The summed E-state index contributed by atoms with van der Waals surface area (Å²) in [7, 11) is 1.85. The molecular weight excluding hydrogens is 274 g/mol. The fourth-order valence-corrected chi connectivity index (χ4v) is 3.62. The van der Waals surface area contributed by atoms with Crippen LogP contribution in [-0.4, -0.2) is 40.2 Å². The highest BCUT2D eigenvalue weighted by Crippen LogP contribution is 2.37. The van der Waals surface area contributed by atoms with E-state index in [9.17, 15) is 9.59 Å². The molecule has 1 atom stereocenters. The topological polar surface area (TPSA) is 75.8 Å². The van der Waals surface area contributed by atoms with E-state index in [0.717, 1.165) is 25.7 Å². The Labute approximate surface area is 124 Å². The summed E-state index contributed by atoms with van der Waals surface area (Å²) in [4.78, 5) is 29.3. The van der Waals surface area contributed by atoms with Crippen LogP contribution in [0.3, 0.4) is 0 Å². The molecule has 2 aliphatic rings. The van der Waals surface area contributed by atoms with Gasteiger partial charge < -0.3 is 10.6 Å². The third kappa shape index (κ3) is 3.53. The first-order valence-electron chi connectivity index (χ1n) is 7.09. The monoisotopic (exact) mass is 297 g/mol. The Morgan fingerprint density at radius 1 is 1.45 bits per heavy atom. The highest BCUT2D eigenvalue weighted by Gasteiger charge is 2.34. The van der Waals surface area contributed by atoms with E-state index in [1.807, 2.05) is 11.9 Å². The van der Waals surface area contributed by atoms with Gasteiger partial charge in [-0.2, -0.15) is 4.99 Å². The molecule has 1 saturated carbocycles. The number of thioether (sulfide) groups is 1. The number of amidine groups is 1. The van der Waals surface area contributed by atoms with Crippen LogP contribution in [0.25, 0.3) is 0 Å². The molecule has 0 aromatic carbocycles. The lowest BCUT2D eigenvalue weighted by Crippen LogP contribution is -2.42. The van der Waals surface area contributed by atoms with Gasteiger partial charge >= 0.3 is 0 Å². The van der Waals surface area contributed by atoms with E-state index in [4.69, 9.17) is 5.73 Å². The van der Waals surface area contributed by atoms with Gasteiger partial charge in [0.05, 0.1) is 0 Å². The first kappa shape index (κ1) is 15.4. The minimum absolute atomic E-state index is 0.0189. The van der Waals surface area contributed by atoms with Crippen LogP contribution in [0.1, 0.15) is 46.0 Å². The molecule has 6 heteroatoms. The van der Waals surface area contributed by atoms with Crippen molar-refractivity contribution in [3.8, 4) is 0 Å². The molecule has 0 unspecified atom stereocenters. The van der Waals surface area contributed by atoms with Crippen molar-refractivity contribution in [3.05, 3.63) is 0 Å². The summed E-state index contributed by atoms with van der Waals surface area (Å²) in [5.74, 6) is -0.260. The van der Waals surface area contributed by atoms with Crippen LogP contribution in [0.2, 0.25) is 0 Å². The van der Waals surface area contributed by atoms with Crippen molar-refractivity contribution in [3.63, 3.8) is 0 Å². The van der Waals surface area contributed by atoms with E-state index in [1.54, 1.807) is 0 Å². The SMILES string of the molecule is CN(C(=O)C[C@H]1SC(N)=NC1=O)C1CCC(C)(C)CC1. The largest absolute Gasteiger partial charge is 0.378 e. The fraction of sp³-hybridized carbons (Fsp3) is 0.786. The molecule has 1 aliphatic carbocycles. The summed E-state index contributed by atoms with van der Waals surface area (Å²) in [6, 6.07) is 0.301. The second-order valence-corrected chi connectivity index (χ2v) is 7.72. The molecule has 1 fully saturated rings. The highest BCUT2D eigenvalue weighted by atomic mass is 32.2. The molecule has 5 nitrogen and oxygen atoms in total. The van der Waals surface area contributed by atoms with Gasteiger partial charge in [0.1, 0.15) is 5.25 Å². The maximum atomic E-state index is 12.3. The molecule has 2 rings (SSSR count). The van der Waals surface area contributed by atoms with Gasteiger partial charge in [0.15, 0.2) is 5.17 Å². The molecule has 2 N–H and O–H groups in total. The Bertz CT molecular complexity index is 438. The molecule has 0 saturated heterocycles. The number of carbonyl (C=O) groups is 2. The van der Waals surface area contributed by atoms with Gasteiger partial charge in [0, 0.05) is 19.5 Å². The zero-order valence-corrected chi connectivity index (χ0v) is 13.2. The summed E-state index contributed by atoms with van der Waals surface area (Å²) in [6.07, 6.45) is 4.56. The lowest BCUT2D eigenvalue weighted by molar-refractivity contribution is -0.134. The number of rotatable bonds is 3. The smallest absolute Gasteiger partial charge is 0.262 e. The lowest BCUT2D eigenvalue weighted by Gasteiger charge is -2.38. The van der Waals surface area contributed by atoms with Crippen LogP contribution < -0.4 is 5.73 Å². The lowest BCUT2D eigenvalue weighted by atomic mass is 9.75.